The van der Waals surface area contributed by atoms with Crippen molar-refractivity contribution in [3.8, 4) is 0 Å². The number of carbonyl (C=O) groups excluding carboxylic acids is 1. The van der Waals surface area contributed by atoms with Crippen molar-refractivity contribution in [2.75, 3.05) is 19.8 Å². The highest BCUT2D eigenvalue weighted by Gasteiger charge is 2.11. The lowest BCUT2D eigenvalue weighted by Crippen LogP contribution is -2.26. The standard InChI is InChI=1S/C20H22ClNO2/c1-2-24-14-6-13-22-20(23)19(15-16-7-4-3-5-8-16)17-9-11-18(21)12-10-17/h3-5,7-12,15H,2,6,13-14H2,1H3,(H,22,23)/b19-15+. The van der Waals surface area contributed by atoms with Gasteiger partial charge in [-0.25, -0.2) is 0 Å². The number of ether oxygens (including phenoxy) is 1. The minimum atomic E-state index is -0.0994. The SMILES string of the molecule is CCOCCCNC(=O)/C(=C/c1ccccc1)c1ccc(Cl)cc1. The third kappa shape index (κ3) is 5.84. The molecule has 0 spiro atoms. The molecule has 0 aromatic heterocycles. The van der Waals surface area contributed by atoms with E-state index in [1.807, 2.05) is 55.5 Å². The monoisotopic (exact) mass is 343 g/mol. The summed E-state index contributed by atoms with van der Waals surface area (Å²) < 4.78 is 5.29. The summed E-state index contributed by atoms with van der Waals surface area (Å²) in [5.74, 6) is -0.0994. The van der Waals surface area contributed by atoms with Crippen molar-refractivity contribution in [3.05, 3.63) is 70.7 Å². The molecule has 0 aliphatic heterocycles. The van der Waals surface area contributed by atoms with Crippen LogP contribution in [-0.4, -0.2) is 25.7 Å². The number of rotatable bonds is 8. The molecule has 0 atom stereocenters. The maximum absolute atomic E-state index is 12.6. The predicted molar refractivity (Wildman–Crippen MR) is 99.9 cm³/mol. The normalized spacial score (nSPS) is 11.3. The maximum atomic E-state index is 12.6. The van der Waals surface area contributed by atoms with E-state index in [4.69, 9.17) is 16.3 Å². The van der Waals surface area contributed by atoms with Crippen LogP contribution in [0.2, 0.25) is 5.02 Å². The van der Waals surface area contributed by atoms with Crippen molar-refractivity contribution in [3.63, 3.8) is 0 Å². The first kappa shape index (κ1) is 18.2. The second kappa shape index (κ2) is 9.91. The highest BCUT2D eigenvalue weighted by atomic mass is 35.5. The molecule has 0 aliphatic rings. The topological polar surface area (TPSA) is 38.3 Å². The smallest absolute Gasteiger partial charge is 0.251 e. The van der Waals surface area contributed by atoms with Gasteiger partial charge in [0.2, 0.25) is 0 Å². The first-order valence-corrected chi connectivity index (χ1v) is 8.47. The van der Waals surface area contributed by atoms with Crippen molar-refractivity contribution in [2.45, 2.75) is 13.3 Å². The Morgan fingerprint density at radius 3 is 2.50 bits per heavy atom. The van der Waals surface area contributed by atoms with E-state index in [1.165, 1.54) is 0 Å². The fourth-order valence-electron chi connectivity index (χ4n) is 2.24. The zero-order chi connectivity index (χ0) is 17.2. The Kier molecular flexibility index (Phi) is 7.53. The van der Waals surface area contributed by atoms with Gasteiger partial charge >= 0.3 is 0 Å². The molecule has 0 radical (unpaired) electrons. The number of halogens is 1. The Morgan fingerprint density at radius 1 is 1.12 bits per heavy atom. The van der Waals surface area contributed by atoms with Crippen LogP contribution < -0.4 is 5.32 Å². The first-order valence-electron chi connectivity index (χ1n) is 8.09. The minimum Gasteiger partial charge on any atom is -0.382 e. The van der Waals surface area contributed by atoms with Gasteiger partial charge < -0.3 is 10.1 Å². The number of amides is 1. The summed E-state index contributed by atoms with van der Waals surface area (Å²) in [4.78, 5) is 12.6. The highest BCUT2D eigenvalue weighted by Crippen LogP contribution is 2.21. The van der Waals surface area contributed by atoms with E-state index in [0.29, 0.717) is 30.4 Å². The zero-order valence-electron chi connectivity index (χ0n) is 13.8. The van der Waals surface area contributed by atoms with Crippen LogP contribution in [0.5, 0.6) is 0 Å². The molecular formula is C20H22ClNO2. The fraction of sp³-hybridized carbons (Fsp3) is 0.250. The molecule has 126 valence electrons. The number of nitrogens with one attached hydrogen (secondary N) is 1. The van der Waals surface area contributed by atoms with Crippen molar-refractivity contribution in [1.29, 1.82) is 0 Å². The van der Waals surface area contributed by atoms with Gasteiger partial charge in [-0.2, -0.15) is 0 Å². The van der Waals surface area contributed by atoms with Crippen LogP contribution in [0.15, 0.2) is 54.6 Å². The third-order valence-electron chi connectivity index (χ3n) is 3.47. The van der Waals surface area contributed by atoms with Gasteiger partial charge in [0, 0.05) is 30.4 Å². The average molecular weight is 344 g/mol. The molecule has 4 heteroatoms. The Balaban J connectivity index is 2.15. The highest BCUT2D eigenvalue weighted by molar-refractivity contribution is 6.31. The molecule has 0 fully saturated rings. The summed E-state index contributed by atoms with van der Waals surface area (Å²) in [6, 6.07) is 17.1. The van der Waals surface area contributed by atoms with Crippen LogP contribution in [0.3, 0.4) is 0 Å². The molecule has 3 nitrogen and oxygen atoms in total. The Hall–Kier alpha value is -2.10. The lowest BCUT2D eigenvalue weighted by atomic mass is 10.0. The van der Waals surface area contributed by atoms with Crippen LogP contribution in [0, 0.1) is 0 Å². The Morgan fingerprint density at radius 2 is 1.83 bits per heavy atom. The van der Waals surface area contributed by atoms with Crippen LogP contribution in [0.25, 0.3) is 11.6 Å². The summed E-state index contributed by atoms with van der Waals surface area (Å²) in [5.41, 5.74) is 2.44. The summed E-state index contributed by atoms with van der Waals surface area (Å²) in [6.07, 6.45) is 2.68. The second-order valence-corrected chi connectivity index (χ2v) is 5.72. The fourth-order valence-corrected chi connectivity index (χ4v) is 2.37. The lowest BCUT2D eigenvalue weighted by molar-refractivity contribution is -0.115. The van der Waals surface area contributed by atoms with Gasteiger partial charge in [-0.3, -0.25) is 4.79 Å². The Bertz CT molecular complexity index is 666. The number of hydrogen-bond donors (Lipinski definition) is 1. The molecule has 0 unspecified atom stereocenters. The molecule has 2 rings (SSSR count). The van der Waals surface area contributed by atoms with Crippen molar-refractivity contribution < 1.29 is 9.53 Å². The molecule has 0 bridgehead atoms. The summed E-state index contributed by atoms with van der Waals surface area (Å²) in [6.45, 7) is 3.88. The van der Waals surface area contributed by atoms with Gasteiger partial charge in [-0.05, 0) is 42.7 Å². The van der Waals surface area contributed by atoms with Gasteiger partial charge in [0.15, 0.2) is 0 Å². The van der Waals surface area contributed by atoms with Crippen molar-refractivity contribution >= 4 is 29.2 Å². The van der Waals surface area contributed by atoms with Crippen molar-refractivity contribution in [2.24, 2.45) is 0 Å². The van der Waals surface area contributed by atoms with E-state index in [9.17, 15) is 4.79 Å². The second-order valence-electron chi connectivity index (χ2n) is 5.28. The van der Waals surface area contributed by atoms with E-state index >= 15 is 0 Å². The third-order valence-corrected chi connectivity index (χ3v) is 3.72. The molecule has 0 aliphatic carbocycles. The van der Waals surface area contributed by atoms with Gasteiger partial charge in [-0.15, -0.1) is 0 Å². The van der Waals surface area contributed by atoms with E-state index in [1.54, 1.807) is 12.1 Å². The molecule has 2 aromatic carbocycles. The summed E-state index contributed by atoms with van der Waals surface area (Å²) in [7, 11) is 0. The molecular weight excluding hydrogens is 322 g/mol. The molecule has 0 saturated carbocycles. The van der Waals surface area contributed by atoms with Crippen LogP contribution in [0.4, 0.5) is 0 Å². The van der Waals surface area contributed by atoms with Crippen LogP contribution >= 0.6 is 11.6 Å². The van der Waals surface area contributed by atoms with E-state index < -0.39 is 0 Å². The average Bonchev–Trinajstić information content (AvgIpc) is 2.61. The quantitative estimate of drug-likeness (QED) is 0.437. The van der Waals surface area contributed by atoms with Crippen molar-refractivity contribution in [1.82, 2.24) is 5.32 Å². The molecule has 0 saturated heterocycles. The van der Waals surface area contributed by atoms with Crippen LogP contribution in [0.1, 0.15) is 24.5 Å². The molecule has 1 N–H and O–H groups in total. The molecule has 24 heavy (non-hydrogen) atoms. The first-order chi connectivity index (χ1) is 11.7. The van der Waals surface area contributed by atoms with Gasteiger partial charge in [-0.1, -0.05) is 54.1 Å². The van der Waals surface area contributed by atoms with Gasteiger partial charge in [0.05, 0.1) is 0 Å². The zero-order valence-corrected chi connectivity index (χ0v) is 14.6. The van der Waals surface area contributed by atoms with E-state index in [2.05, 4.69) is 5.32 Å². The summed E-state index contributed by atoms with van der Waals surface area (Å²) in [5, 5.41) is 3.60. The predicted octanol–water partition coefficient (Wildman–Crippen LogP) is 4.42. The van der Waals surface area contributed by atoms with E-state index in [0.717, 1.165) is 17.5 Å². The number of hydrogen-bond acceptors (Lipinski definition) is 2. The number of carbonyl (C=O) groups is 1. The minimum absolute atomic E-state index is 0.0994. The van der Waals surface area contributed by atoms with E-state index in [-0.39, 0.29) is 5.91 Å². The lowest BCUT2D eigenvalue weighted by Gasteiger charge is -2.10. The molecule has 2 aromatic rings. The molecule has 0 heterocycles. The summed E-state index contributed by atoms with van der Waals surface area (Å²) >= 11 is 5.95. The van der Waals surface area contributed by atoms with Gasteiger partial charge in [0.25, 0.3) is 5.91 Å². The molecule has 1 amide bonds. The van der Waals surface area contributed by atoms with Crippen LogP contribution in [-0.2, 0) is 9.53 Å². The number of benzene rings is 2. The Labute approximate surface area is 148 Å². The largest absolute Gasteiger partial charge is 0.382 e. The maximum Gasteiger partial charge on any atom is 0.251 e. The van der Waals surface area contributed by atoms with Gasteiger partial charge in [0.1, 0.15) is 0 Å².